The van der Waals surface area contributed by atoms with Crippen molar-refractivity contribution < 1.29 is 22.8 Å². The molecule has 0 spiro atoms. The van der Waals surface area contributed by atoms with E-state index in [4.69, 9.17) is 4.74 Å². The van der Waals surface area contributed by atoms with Gasteiger partial charge in [-0.2, -0.15) is 13.2 Å². The van der Waals surface area contributed by atoms with Gasteiger partial charge >= 0.3 is 6.18 Å². The highest BCUT2D eigenvalue weighted by atomic mass is 19.4. The van der Waals surface area contributed by atoms with E-state index in [0.29, 0.717) is 31.1 Å². The number of ether oxygens (including phenoxy) is 1. The highest BCUT2D eigenvalue weighted by molar-refractivity contribution is 5.49. The van der Waals surface area contributed by atoms with E-state index in [9.17, 15) is 23.3 Å². The zero-order valence-electron chi connectivity index (χ0n) is 15.8. The minimum Gasteiger partial charge on any atom is -0.494 e. The highest BCUT2D eigenvalue weighted by Crippen LogP contribution is 2.31. The summed E-state index contributed by atoms with van der Waals surface area (Å²) in [6.45, 7) is 4.20. The Labute approximate surface area is 166 Å². The van der Waals surface area contributed by atoms with Crippen molar-refractivity contribution in [1.29, 1.82) is 0 Å². The number of piperazine rings is 1. The average Bonchev–Trinajstić information content (AvgIpc) is 2.71. The summed E-state index contributed by atoms with van der Waals surface area (Å²) in [5.74, 6) is 0.588. The van der Waals surface area contributed by atoms with E-state index in [-0.39, 0.29) is 5.69 Å². The van der Waals surface area contributed by atoms with E-state index in [1.165, 1.54) is 24.3 Å². The summed E-state index contributed by atoms with van der Waals surface area (Å²) in [5.41, 5.74) is -0.00204. The number of non-ortho nitro benzene ring substituents is 1. The van der Waals surface area contributed by atoms with Gasteiger partial charge in [-0.05, 0) is 36.8 Å². The predicted molar refractivity (Wildman–Crippen MR) is 103 cm³/mol. The van der Waals surface area contributed by atoms with Crippen LogP contribution in [0.3, 0.4) is 0 Å². The molecular weight excluding hydrogens is 387 g/mol. The number of benzene rings is 2. The van der Waals surface area contributed by atoms with Gasteiger partial charge < -0.3 is 9.64 Å². The van der Waals surface area contributed by atoms with Gasteiger partial charge in [0, 0.05) is 50.5 Å². The number of alkyl halides is 3. The Kier molecular flexibility index (Phi) is 6.58. The molecule has 9 heteroatoms. The van der Waals surface area contributed by atoms with Crippen molar-refractivity contribution in [3.63, 3.8) is 0 Å². The predicted octanol–water partition coefficient (Wildman–Crippen LogP) is 4.20. The van der Waals surface area contributed by atoms with Crippen LogP contribution in [0.4, 0.5) is 24.5 Å². The van der Waals surface area contributed by atoms with Crippen LogP contribution < -0.4 is 9.64 Å². The minimum atomic E-state index is -4.33. The number of nitro benzene ring substituents is 1. The average molecular weight is 409 g/mol. The monoisotopic (exact) mass is 409 g/mol. The Morgan fingerprint density at radius 2 is 1.72 bits per heavy atom. The lowest BCUT2D eigenvalue weighted by Crippen LogP contribution is -2.46. The fraction of sp³-hybridized carbons (Fsp3) is 0.400. The lowest BCUT2D eigenvalue weighted by atomic mass is 10.1. The van der Waals surface area contributed by atoms with E-state index in [0.717, 1.165) is 32.1 Å². The molecule has 1 aliphatic rings. The molecule has 0 unspecified atom stereocenters. The topological polar surface area (TPSA) is 58.9 Å². The molecule has 0 saturated carbocycles. The van der Waals surface area contributed by atoms with Gasteiger partial charge in [-0.1, -0.05) is 6.07 Å². The normalized spacial score (nSPS) is 15.3. The van der Waals surface area contributed by atoms with Gasteiger partial charge in [0.25, 0.3) is 5.69 Å². The summed E-state index contributed by atoms with van der Waals surface area (Å²) in [6.07, 6.45) is -3.54. The number of rotatable bonds is 7. The molecule has 0 aliphatic carbocycles. The number of anilines is 1. The van der Waals surface area contributed by atoms with Crippen LogP contribution in [0.2, 0.25) is 0 Å². The van der Waals surface area contributed by atoms with E-state index >= 15 is 0 Å². The van der Waals surface area contributed by atoms with E-state index in [1.54, 1.807) is 18.2 Å². The van der Waals surface area contributed by atoms with Crippen LogP contribution in [0.25, 0.3) is 0 Å². The van der Waals surface area contributed by atoms with Crippen molar-refractivity contribution in [2.24, 2.45) is 0 Å². The quantitative estimate of drug-likeness (QED) is 0.390. The molecule has 0 atom stereocenters. The first-order valence-electron chi connectivity index (χ1n) is 9.35. The van der Waals surface area contributed by atoms with E-state index < -0.39 is 16.7 Å². The van der Waals surface area contributed by atoms with Crippen LogP contribution in [0.5, 0.6) is 5.75 Å². The molecule has 1 aliphatic heterocycles. The van der Waals surface area contributed by atoms with Crippen LogP contribution in [0.15, 0.2) is 48.5 Å². The van der Waals surface area contributed by atoms with Crippen molar-refractivity contribution in [1.82, 2.24) is 4.90 Å². The summed E-state index contributed by atoms with van der Waals surface area (Å²) in [5, 5.41) is 10.6. The Morgan fingerprint density at radius 1 is 1.03 bits per heavy atom. The number of halogens is 3. The third-order valence-electron chi connectivity index (χ3n) is 4.85. The number of nitrogens with zero attached hydrogens (tertiary/aromatic N) is 3. The SMILES string of the molecule is O=[N+]([O-])c1ccc(OCCCN2CCN(c3cccc(C(F)(F)F)c3)CC2)cc1. The molecule has 156 valence electrons. The van der Waals surface area contributed by atoms with Gasteiger partial charge in [0.05, 0.1) is 17.1 Å². The first-order chi connectivity index (χ1) is 13.8. The van der Waals surface area contributed by atoms with Gasteiger partial charge in [-0.3, -0.25) is 15.0 Å². The molecule has 1 heterocycles. The van der Waals surface area contributed by atoms with Crippen molar-refractivity contribution in [3.8, 4) is 5.75 Å². The zero-order chi connectivity index (χ0) is 20.9. The van der Waals surface area contributed by atoms with Crippen LogP contribution >= 0.6 is 0 Å². The molecule has 0 radical (unpaired) electrons. The van der Waals surface area contributed by atoms with E-state index in [2.05, 4.69) is 4.90 Å². The van der Waals surface area contributed by atoms with Crippen molar-refractivity contribution in [2.45, 2.75) is 12.6 Å². The van der Waals surface area contributed by atoms with Gasteiger partial charge in [0.15, 0.2) is 0 Å². The van der Waals surface area contributed by atoms with Crippen LogP contribution in [0, 0.1) is 10.1 Å². The minimum absolute atomic E-state index is 0.0241. The Morgan fingerprint density at radius 3 is 2.34 bits per heavy atom. The van der Waals surface area contributed by atoms with E-state index in [1.807, 2.05) is 4.90 Å². The molecule has 2 aromatic carbocycles. The first kappa shape index (κ1) is 20.9. The fourth-order valence-electron chi connectivity index (χ4n) is 3.25. The van der Waals surface area contributed by atoms with Crippen LogP contribution in [-0.4, -0.2) is 49.2 Å². The zero-order valence-corrected chi connectivity index (χ0v) is 15.8. The number of nitro groups is 1. The molecule has 3 rings (SSSR count). The van der Waals surface area contributed by atoms with Crippen molar-refractivity contribution in [2.75, 3.05) is 44.2 Å². The lowest BCUT2D eigenvalue weighted by Gasteiger charge is -2.36. The fourth-order valence-corrected chi connectivity index (χ4v) is 3.25. The molecule has 2 aromatic rings. The summed E-state index contributed by atoms with van der Waals surface area (Å²) >= 11 is 0. The molecular formula is C20H22F3N3O3. The third kappa shape index (κ3) is 5.83. The summed E-state index contributed by atoms with van der Waals surface area (Å²) in [6, 6.07) is 11.4. The second-order valence-electron chi connectivity index (χ2n) is 6.83. The third-order valence-corrected chi connectivity index (χ3v) is 4.85. The molecule has 0 aromatic heterocycles. The van der Waals surface area contributed by atoms with Crippen LogP contribution in [-0.2, 0) is 6.18 Å². The second kappa shape index (κ2) is 9.13. The summed E-state index contributed by atoms with van der Waals surface area (Å²) in [7, 11) is 0. The largest absolute Gasteiger partial charge is 0.494 e. The summed E-state index contributed by atoms with van der Waals surface area (Å²) < 4.78 is 44.2. The number of hydrogen-bond donors (Lipinski definition) is 0. The standard InChI is InChI=1S/C20H22F3N3O3/c21-20(22,23)16-3-1-4-18(15-16)25-12-10-24(11-13-25)9-2-14-29-19-7-5-17(6-8-19)26(27)28/h1,3-8,15H,2,9-14H2. The van der Waals surface area contributed by atoms with Gasteiger partial charge in [0.2, 0.25) is 0 Å². The Bertz CT molecular complexity index is 820. The maximum atomic E-state index is 12.9. The highest BCUT2D eigenvalue weighted by Gasteiger charge is 2.31. The maximum absolute atomic E-state index is 12.9. The maximum Gasteiger partial charge on any atom is 0.416 e. The van der Waals surface area contributed by atoms with Crippen molar-refractivity contribution >= 4 is 11.4 Å². The lowest BCUT2D eigenvalue weighted by molar-refractivity contribution is -0.384. The molecule has 0 bridgehead atoms. The van der Waals surface area contributed by atoms with Gasteiger partial charge in [-0.25, -0.2) is 0 Å². The Balaban J connectivity index is 1.39. The molecule has 29 heavy (non-hydrogen) atoms. The van der Waals surface area contributed by atoms with Gasteiger partial charge in [-0.15, -0.1) is 0 Å². The van der Waals surface area contributed by atoms with Gasteiger partial charge in [0.1, 0.15) is 5.75 Å². The summed E-state index contributed by atoms with van der Waals surface area (Å²) in [4.78, 5) is 14.4. The molecule has 1 fully saturated rings. The second-order valence-corrected chi connectivity index (χ2v) is 6.83. The molecule has 6 nitrogen and oxygen atoms in total. The first-order valence-corrected chi connectivity index (χ1v) is 9.35. The van der Waals surface area contributed by atoms with Crippen molar-refractivity contribution in [3.05, 3.63) is 64.2 Å². The smallest absolute Gasteiger partial charge is 0.416 e. The van der Waals surface area contributed by atoms with Crippen LogP contribution in [0.1, 0.15) is 12.0 Å². The molecule has 0 N–H and O–H groups in total. The molecule has 0 amide bonds. The number of hydrogen-bond acceptors (Lipinski definition) is 5. The Hall–Kier alpha value is -2.81. The molecule has 1 saturated heterocycles.